The smallest absolute Gasteiger partial charge is 0.0586 e. The maximum atomic E-state index is 9.75. The van der Waals surface area contributed by atoms with Gasteiger partial charge < -0.3 is 15.2 Å². The Bertz CT molecular complexity index is 314. The van der Waals surface area contributed by atoms with Crippen molar-refractivity contribution in [3.8, 4) is 0 Å². The van der Waals surface area contributed by atoms with Crippen molar-refractivity contribution in [3.05, 3.63) is 0 Å². The summed E-state index contributed by atoms with van der Waals surface area (Å²) in [7, 11) is 0. The average molecular weight is 296 g/mol. The summed E-state index contributed by atoms with van der Waals surface area (Å²) in [6, 6.07) is 1.16. The van der Waals surface area contributed by atoms with Crippen molar-refractivity contribution in [1.82, 2.24) is 10.2 Å². The zero-order chi connectivity index (χ0) is 14.5. The summed E-state index contributed by atoms with van der Waals surface area (Å²) in [5.74, 6) is 0. The van der Waals surface area contributed by atoms with Crippen molar-refractivity contribution in [2.24, 2.45) is 5.41 Å². The molecular weight excluding hydrogens is 264 g/mol. The zero-order valence-electron chi connectivity index (χ0n) is 13.4. The molecule has 0 aromatic carbocycles. The molecule has 4 heteroatoms. The predicted octanol–water partition coefficient (Wildman–Crippen LogP) is 1.77. The van der Waals surface area contributed by atoms with E-state index in [0.29, 0.717) is 18.1 Å². The molecule has 1 atom stereocenters. The van der Waals surface area contributed by atoms with Crippen molar-refractivity contribution in [3.63, 3.8) is 0 Å². The van der Waals surface area contributed by atoms with Crippen LogP contribution in [0.25, 0.3) is 0 Å². The molecule has 0 aromatic heterocycles. The lowest BCUT2D eigenvalue weighted by molar-refractivity contribution is -0.0167. The topological polar surface area (TPSA) is 44.7 Å². The van der Waals surface area contributed by atoms with E-state index in [2.05, 4.69) is 10.2 Å². The molecular formula is C17H32N2O2. The first kappa shape index (κ1) is 15.7. The average Bonchev–Trinajstić information content (AvgIpc) is 3.34. The molecule has 0 amide bonds. The lowest BCUT2D eigenvalue weighted by Gasteiger charge is -2.43. The summed E-state index contributed by atoms with van der Waals surface area (Å²) < 4.78 is 5.62. The van der Waals surface area contributed by atoms with Gasteiger partial charge in [0.1, 0.15) is 0 Å². The minimum atomic E-state index is 0.322. The van der Waals surface area contributed by atoms with Crippen molar-refractivity contribution < 1.29 is 9.84 Å². The summed E-state index contributed by atoms with van der Waals surface area (Å²) >= 11 is 0. The Labute approximate surface area is 129 Å². The summed E-state index contributed by atoms with van der Waals surface area (Å²) in [6.07, 6.45) is 10.1. The van der Waals surface area contributed by atoms with Gasteiger partial charge in [-0.25, -0.2) is 0 Å². The van der Waals surface area contributed by atoms with Crippen LogP contribution in [0.4, 0.5) is 0 Å². The fourth-order valence-corrected chi connectivity index (χ4v) is 3.93. The molecule has 2 aliphatic heterocycles. The third kappa shape index (κ3) is 4.41. The van der Waals surface area contributed by atoms with Crippen LogP contribution in [0.5, 0.6) is 0 Å². The van der Waals surface area contributed by atoms with E-state index in [9.17, 15) is 5.11 Å². The summed E-state index contributed by atoms with van der Waals surface area (Å²) in [6.45, 7) is 5.57. The molecule has 0 aromatic rings. The first-order valence-electron chi connectivity index (χ1n) is 8.97. The van der Waals surface area contributed by atoms with Crippen molar-refractivity contribution in [1.29, 1.82) is 0 Å². The fourth-order valence-electron chi connectivity index (χ4n) is 3.93. The Morgan fingerprint density at radius 2 is 1.90 bits per heavy atom. The van der Waals surface area contributed by atoms with Gasteiger partial charge in [0, 0.05) is 38.4 Å². The Morgan fingerprint density at radius 1 is 1.10 bits per heavy atom. The molecule has 3 rings (SSSR count). The number of likely N-dealkylation sites (tertiary alicyclic amines) is 1. The predicted molar refractivity (Wildman–Crippen MR) is 84.4 cm³/mol. The third-order valence-electron chi connectivity index (χ3n) is 5.64. The lowest BCUT2D eigenvalue weighted by atomic mass is 9.79. The molecule has 1 unspecified atom stereocenters. The van der Waals surface area contributed by atoms with Crippen LogP contribution in [0.15, 0.2) is 0 Å². The van der Waals surface area contributed by atoms with Crippen LogP contribution in [0.3, 0.4) is 0 Å². The molecule has 2 N–H and O–H groups in total. The van der Waals surface area contributed by atoms with Gasteiger partial charge >= 0.3 is 0 Å². The van der Waals surface area contributed by atoms with Gasteiger partial charge in [0.2, 0.25) is 0 Å². The van der Waals surface area contributed by atoms with Gasteiger partial charge in [0.05, 0.1) is 6.61 Å². The van der Waals surface area contributed by atoms with E-state index in [0.717, 1.165) is 38.9 Å². The highest BCUT2D eigenvalue weighted by molar-refractivity contribution is 4.92. The molecule has 1 saturated carbocycles. The molecule has 0 radical (unpaired) electrons. The van der Waals surface area contributed by atoms with E-state index in [-0.39, 0.29) is 0 Å². The van der Waals surface area contributed by atoms with Crippen LogP contribution in [-0.2, 0) is 4.74 Å². The largest absolute Gasteiger partial charge is 0.395 e. The van der Waals surface area contributed by atoms with Crippen LogP contribution >= 0.6 is 0 Å². The number of rotatable bonds is 6. The number of nitrogens with zero attached hydrogens (tertiary/aromatic N) is 1. The Hall–Kier alpha value is -0.160. The second-order valence-corrected chi connectivity index (χ2v) is 7.42. The number of nitrogens with one attached hydrogen (secondary N) is 1. The normalized spacial score (nSPS) is 31.0. The van der Waals surface area contributed by atoms with E-state index < -0.39 is 0 Å². The highest BCUT2D eigenvalue weighted by Gasteiger charge is 2.37. The number of aliphatic hydroxyl groups is 1. The monoisotopic (exact) mass is 296 g/mol. The maximum absolute atomic E-state index is 9.75. The number of hydrogen-bond donors (Lipinski definition) is 2. The molecule has 0 bridgehead atoms. The minimum absolute atomic E-state index is 0.322. The SMILES string of the molecule is OCC1CCCCCN1CC1(CNC2CC2)CCOCC1. The standard InChI is InChI=1S/C17H32N2O2/c20-12-16-4-2-1-3-9-19(16)14-17(7-10-21-11-8-17)13-18-15-5-6-15/h15-16,18,20H,1-14H2. The molecule has 0 spiro atoms. The zero-order valence-corrected chi connectivity index (χ0v) is 13.4. The van der Waals surface area contributed by atoms with E-state index in [1.54, 1.807) is 0 Å². The van der Waals surface area contributed by atoms with E-state index in [1.165, 1.54) is 51.4 Å². The van der Waals surface area contributed by atoms with Gasteiger partial charge in [-0.05, 0) is 50.5 Å². The third-order valence-corrected chi connectivity index (χ3v) is 5.64. The van der Waals surface area contributed by atoms with Gasteiger partial charge in [0.25, 0.3) is 0 Å². The second-order valence-electron chi connectivity index (χ2n) is 7.42. The molecule has 3 aliphatic rings. The molecule has 4 nitrogen and oxygen atoms in total. The molecule has 1 aliphatic carbocycles. The second kappa shape index (κ2) is 7.40. The Morgan fingerprint density at radius 3 is 2.62 bits per heavy atom. The Kier molecular flexibility index (Phi) is 5.54. The maximum Gasteiger partial charge on any atom is 0.0586 e. The molecule has 122 valence electrons. The quantitative estimate of drug-likeness (QED) is 0.784. The number of hydrogen-bond acceptors (Lipinski definition) is 4. The number of aliphatic hydroxyl groups excluding tert-OH is 1. The van der Waals surface area contributed by atoms with Crippen molar-refractivity contribution in [2.45, 2.75) is 63.5 Å². The highest BCUT2D eigenvalue weighted by atomic mass is 16.5. The molecule has 21 heavy (non-hydrogen) atoms. The first-order chi connectivity index (χ1) is 10.3. The van der Waals surface area contributed by atoms with Gasteiger partial charge in [-0.2, -0.15) is 0 Å². The lowest BCUT2D eigenvalue weighted by Crippen LogP contribution is -2.51. The van der Waals surface area contributed by atoms with Gasteiger partial charge in [-0.1, -0.05) is 12.8 Å². The van der Waals surface area contributed by atoms with Crippen LogP contribution in [0.1, 0.15) is 51.4 Å². The van der Waals surface area contributed by atoms with Crippen molar-refractivity contribution in [2.75, 3.05) is 39.5 Å². The molecule has 2 saturated heterocycles. The summed E-state index contributed by atoms with van der Waals surface area (Å²) in [5.41, 5.74) is 0.360. The minimum Gasteiger partial charge on any atom is -0.395 e. The van der Waals surface area contributed by atoms with E-state index in [1.807, 2.05) is 0 Å². The van der Waals surface area contributed by atoms with Gasteiger partial charge in [-0.3, -0.25) is 4.90 Å². The van der Waals surface area contributed by atoms with Crippen LogP contribution in [0, 0.1) is 5.41 Å². The summed E-state index contributed by atoms with van der Waals surface area (Å²) in [4.78, 5) is 2.59. The molecule has 3 fully saturated rings. The van der Waals surface area contributed by atoms with Gasteiger partial charge in [-0.15, -0.1) is 0 Å². The highest BCUT2D eigenvalue weighted by Crippen LogP contribution is 2.34. The number of ether oxygens (including phenoxy) is 1. The van der Waals surface area contributed by atoms with Gasteiger partial charge in [0.15, 0.2) is 0 Å². The molecule has 2 heterocycles. The fraction of sp³-hybridized carbons (Fsp3) is 1.00. The first-order valence-corrected chi connectivity index (χ1v) is 8.97. The van der Waals surface area contributed by atoms with E-state index >= 15 is 0 Å². The van der Waals surface area contributed by atoms with Crippen LogP contribution in [-0.4, -0.2) is 61.5 Å². The Balaban J connectivity index is 1.63. The van der Waals surface area contributed by atoms with Crippen molar-refractivity contribution >= 4 is 0 Å². The van der Waals surface area contributed by atoms with Crippen LogP contribution < -0.4 is 5.32 Å². The van der Waals surface area contributed by atoms with E-state index in [4.69, 9.17) is 4.74 Å². The van der Waals surface area contributed by atoms with Crippen LogP contribution in [0.2, 0.25) is 0 Å². The summed E-state index contributed by atoms with van der Waals surface area (Å²) in [5, 5.41) is 13.5.